The molecule has 5 aromatic rings. The van der Waals surface area contributed by atoms with Gasteiger partial charge in [0.15, 0.2) is 5.52 Å². The Bertz CT molecular complexity index is 2130. The summed E-state index contributed by atoms with van der Waals surface area (Å²) >= 11 is 0. The highest BCUT2D eigenvalue weighted by atomic mass is 32.2. The fourth-order valence-electron chi connectivity index (χ4n) is 5.63. The van der Waals surface area contributed by atoms with Gasteiger partial charge in [0.2, 0.25) is 20.0 Å². The van der Waals surface area contributed by atoms with E-state index in [1.807, 2.05) is 0 Å². The first-order valence-corrected chi connectivity index (χ1v) is 16.9. The van der Waals surface area contributed by atoms with Crippen molar-refractivity contribution in [3.63, 3.8) is 0 Å². The van der Waals surface area contributed by atoms with E-state index in [1.165, 1.54) is 48.7 Å². The molecule has 0 saturated carbocycles. The van der Waals surface area contributed by atoms with Gasteiger partial charge in [-0.25, -0.2) is 25.9 Å². The quantitative estimate of drug-likeness (QED) is 0.276. The third kappa shape index (κ3) is 5.10. The summed E-state index contributed by atoms with van der Waals surface area (Å²) < 4.78 is 80.3. The van der Waals surface area contributed by atoms with Gasteiger partial charge in [-0.1, -0.05) is 6.07 Å². The first-order valence-electron chi connectivity index (χ1n) is 13.6. The van der Waals surface area contributed by atoms with Crippen LogP contribution in [0, 0.1) is 5.82 Å². The number of sulfonamides is 2. The van der Waals surface area contributed by atoms with E-state index in [0.29, 0.717) is 34.9 Å². The van der Waals surface area contributed by atoms with Crippen molar-refractivity contribution in [2.75, 3.05) is 37.7 Å². The highest BCUT2D eigenvalue weighted by Crippen LogP contribution is 2.42. The lowest BCUT2D eigenvalue weighted by Gasteiger charge is -2.34. The summed E-state index contributed by atoms with van der Waals surface area (Å²) in [6, 6.07) is 13.3. The smallest absolute Gasteiger partial charge is 0.255 e. The standard InChI is InChI=1S/C29H28FN5O7S2/c1-31-29(36)26-21-14-20(18-6-5-13-35(16-18)44(39,40)25-8-4-7-22-27(25)33-42-32-22)23(34(2)43(3,37)38)15-24(21)41-28(26)17-9-11-19(30)12-10-17/h4,7-12,14-15,18H,5-6,13,16H2,1-3H3,(H,31,36)/t18-/m0/s1. The maximum Gasteiger partial charge on any atom is 0.255 e. The van der Waals surface area contributed by atoms with E-state index in [0.717, 1.165) is 10.6 Å². The summed E-state index contributed by atoms with van der Waals surface area (Å²) in [4.78, 5) is 13.1. The average Bonchev–Trinajstić information content (AvgIpc) is 3.64. The maximum atomic E-state index is 13.8. The number of benzene rings is 3. The number of hydrogen-bond donors (Lipinski definition) is 1. The SMILES string of the molecule is CNC(=O)c1c(-c2ccc(F)cc2)oc2cc(N(C)S(C)(=O)=O)c([C@H]3CCCN(S(=O)(=O)c4cccc5nonc45)C3)cc12. The number of piperidine rings is 1. The second-order valence-electron chi connectivity index (χ2n) is 10.6. The maximum absolute atomic E-state index is 13.8. The number of furan rings is 1. The molecule has 0 bridgehead atoms. The summed E-state index contributed by atoms with van der Waals surface area (Å²) in [5.74, 6) is -1.18. The minimum atomic E-state index is -4.04. The number of carbonyl (C=O) groups is 1. The van der Waals surface area contributed by atoms with Gasteiger partial charge in [-0.2, -0.15) is 4.31 Å². The van der Waals surface area contributed by atoms with Crippen LogP contribution in [0.3, 0.4) is 0 Å². The van der Waals surface area contributed by atoms with E-state index in [1.54, 1.807) is 24.3 Å². The molecule has 0 aliphatic carbocycles. The second kappa shape index (κ2) is 11.0. The van der Waals surface area contributed by atoms with Crippen LogP contribution in [-0.4, -0.2) is 70.8 Å². The number of hydrogen-bond acceptors (Lipinski definition) is 9. The molecule has 0 radical (unpaired) electrons. The Morgan fingerprint density at radius 2 is 1.84 bits per heavy atom. The lowest BCUT2D eigenvalue weighted by Crippen LogP contribution is -2.39. The van der Waals surface area contributed by atoms with Crippen molar-refractivity contribution in [3.05, 3.63) is 71.5 Å². The summed E-state index contributed by atoms with van der Waals surface area (Å²) in [5, 5.41) is 10.6. The van der Waals surface area contributed by atoms with Crippen LogP contribution in [0.15, 0.2) is 68.5 Å². The molecule has 1 amide bonds. The van der Waals surface area contributed by atoms with Gasteiger partial charge in [-0.3, -0.25) is 9.10 Å². The van der Waals surface area contributed by atoms with Gasteiger partial charge in [0.1, 0.15) is 27.6 Å². The zero-order valence-corrected chi connectivity index (χ0v) is 25.6. The van der Waals surface area contributed by atoms with E-state index in [2.05, 4.69) is 15.6 Å². The average molecular weight is 642 g/mol. The first kappa shape index (κ1) is 29.7. The molecule has 3 heterocycles. The summed E-state index contributed by atoms with van der Waals surface area (Å²) in [7, 11) is -4.92. The summed E-state index contributed by atoms with van der Waals surface area (Å²) in [5.41, 5.74) is 2.12. The largest absolute Gasteiger partial charge is 0.455 e. The van der Waals surface area contributed by atoms with Crippen LogP contribution in [0.25, 0.3) is 33.3 Å². The number of nitrogens with zero attached hydrogens (tertiary/aromatic N) is 4. The van der Waals surface area contributed by atoms with E-state index >= 15 is 0 Å². The van der Waals surface area contributed by atoms with E-state index in [4.69, 9.17) is 9.05 Å². The third-order valence-electron chi connectivity index (χ3n) is 7.93. The van der Waals surface area contributed by atoms with Crippen molar-refractivity contribution >= 4 is 53.6 Å². The molecule has 15 heteroatoms. The molecule has 3 aromatic carbocycles. The molecule has 0 spiro atoms. The Morgan fingerprint density at radius 1 is 1.09 bits per heavy atom. The normalized spacial score (nSPS) is 16.4. The number of nitrogens with one attached hydrogen (secondary N) is 1. The van der Waals surface area contributed by atoms with Gasteiger partial charge in [-0.05, 0) is 77.1 Å². The van der Waals surface area contributed by atoms with Crippen molar-refractivity contribution in [3.8, 4) is 11.3 Å². The van der Waals surface area contributed by atoms with Crippen molar-refractivity contribution in [2.24, 2.45) is 0 Å². The molecule has 0 unspecified atom stereocenters. The first-order chi connectivity index (χ1) is 20.9. The zero-order chi connectivity index (χ0) is 31.4. The van der Waals surface area contributed by atoms with Gasteiger partial charge in [0.25, 0.3) is 5.91 Å². The van der Waals surface area contributed by atoms with Crippen molar-refractivity contribution in [2.45, 2.75) is 23.7 Å². The van der Waals surface area contributed by atoms with Gasteiger partial charge in [0, 0.05) is 44.2 Å². The van der Waals surface area contributed by atoms with Gasteiger partial charge >= 0.3 is 0 Å². The molecule has 1 aliphatic heterocycles. The van der Waals surface area contributed by atoms with E-state index in [9.17, 15) is 26.0 Å². The molecule has 1 saturated heterocycles. The fraction of sp³-hybridized carbons (Fsp3) is 0.276. The molecule has 6 rings (SSSR count). The second-order valence-corrected chi connectivity index (χ2v) is 14.5. The topological polar surface area (TPSA) is 156 Å². The lowest BCUT2D eigenvalue weighted by molar-refractivity contribution is 0.0964. The Hall–Kier alpha value is -4.34. The van der Waals surface area contributed by atoms with Crippen LogP contribution < -0.4 is 9.62 Å². The minimum absolute atomic E-state index is 0.0398. The number of fused-ring (bicyclic) bond motifs is 2. The van der Waals surface area contributed by atoms with Crippen LogP contribution in [0.5, 0.6) is 0 Å². The number of aromatic nitrogens is 2. The molecule has 1 N–H and O–H groups in total. The highest BCUT2D eigenvalue weighted by Gasteiger charge is 2.35. The van der Waals surface area contributed by atoms with E-state index < -0.39 is 37.7 Å². The predicted octanol–water partition coefficient (Wildman–Crippen LogP) is 4.10. The molecular formula is C29H28FN5O7S2. The molecule has 44 heavy (non-hydrogen) atoms. The molecule has 1 aliphatic rings. The van der Waals surface area contributed by atoms with E-state index in [-0.39, 0.29) is 46.1 Å². The Kier molecular flexibility index (Phi) is 7.42. The minimum Gasteiger partial charge on any atom is -0.455 e. The summed E-state index contributed by atoms with van der Waals surface area (Å²) in [6.07, 6.45) is 2.11. The highest BCUT2D eigenvalue weighted by molar-refractivity contribution is 7.92. The number of anilines is 1. The molecule has 1 atom stereocenters. The Labute approximate surface area is 252 Å². The van der Waals surface area contributed by atoms with Crippen molar-refractivity contribution in [1.82, 2.24) is 19.9 Å². The van der Waals surface area contributed by atoms with Crippen LogP contribution in [0.2, 0.25) is 0 Å². The predicted molar refractivity (Wildman–Crippen MR) is 161 cm³/mol. The van der Waals surface area contributed by atoms with Crippen molar-refractivity contribution in [1.29, 1.82) is 0 Å². The van der Waals surface area contributed by atoms with Crippen LogP contribution in [-0.2, 0) is 20.0 Å². The van der Waals surface area contributed by atoms with Gasteiger partial charge in [-0.15, -0.1) is 0 Å². The Morgan fingerprint density at radius 3 is 2.55 bits per heavy atom. The molecule has 2 aromatic heterocycles. The van der Waals surface area contributed by atoms with Crippen LogP contribution in [0.4, 0.5) is 10.1 Å². The zero-order valence-electron chi connectivity index (χ0n) is 23.9. The number of rotatable bonds is 7. The third-order valence-corrected chi connectivity index (χ3v) is 11.0. The number of carbonyl (C=O) groups excluding carboxylic acids is 1. The monoisotopic (exact) mass is 641 g/mol. The molecule has 1 fully saturated rings. The fourth-order valence-corrected chi connectivity index (χ4v) is 7.80. The van der Waals surface area contributed by atoms with Gasteiger partial charge in [0.05, 0.1) is 17.5 Å². The number of halogens is 1. The molecule has 230 valence electrons. The Balaban J connectivity index is 1.51. The molecular weight excluding hydrogens is 613 g/mol. The lowest BCUT2D eigenvalue weighted by atomic mass is 9.89. The van der Waals surface area contributed by atoms with Crippen LogP contribution >= 0.6 is 0 Å². The molecule has 12 nitrogen and oxygen atoms in total. The number of amides is 1. The van der Waals surface area contributed by atoms with Gasteiger partial charge < -0.3 is 9.73 Å². The van der Waals surface area contributed by atoms with Crippen molar-refractivity contribution < 1.29 is 35.1 Å². The van der Waals surface area contributed by atoms with Crippen LogP contribution in [0.1, 0.15) is 34.7 Å². The summed E-state index contributed by atoms with van der Waals surface area (Å²) in [6.45, 7) is 0.280.